The minimum atomic E-state index is -0.363. The van der Waals surface area contributed by atoms with Crippen molar-refractivity contribution in [2.24, 2.45) is 0 Å². The number of furan rings is 1. The third-order valence-electron chi connectivity index (χ3n) is 6.75. The van der Waals surface area contributed by atoms with Crippen molar-refractivity contribution in [1.82, 2.24) is 19.5 Å². The number of aromatic nitrogens is 4. The smallest absolute Gasteiger partial charge is 0.121 e. The molecule has 8 aromatic rings. The fraction of sp³-hybridized carbons (Fsp3) is 0. The number of halogens is 1. The summed E-state index contributed by atoms with van der Waals surface area (Å²) in [5, 5.41) is 1.18. The van der Waals surface area contributed by atoms with Gasteiger partial charge in [-0.1, -0.05) is 54.1 Å². The van der Waals surface area contributed by atoms with Crippen LogP contribution in [-0.2, 0) is 20.1 Å². The molecule has 1 radical (unpaired) electrons. The number of hydrogen-bond donors (Lipinski definition) is 0. The molecule has 0 amide bonds. The first kappa shape index (κ1) is 27.2. The Morgan fingerprint density at radius 1 is 0.786 bits per heavy atom. The van der Waals surface area contributed by atoms with Gasteiger partial charge in [0.2, 0.25) is 0 Å². The Morgan fingerprint density at radius 2 is 1.60 bits per heavy atom. The van der Waals surface area contributed by atoms with E-state index in [4.69, 9.17) is 9.40 Å². The molecule has 0 aliphatic carbocycles. The van der Waals surface area contributed by atoms with Crippen LogP contribution in [0, 0.1) is 17.9 Å². The molecule has 0 saturated heterocycles. The number of nitrogens with zero attached hydrogens (tertiary/aromatic N) is 4. The third-order valence-corrected chi connectivity index (χ3v) is 6.75. The molecule has 0 saturated carbocycles. The van der Waals surface area contributed by atoms with E-state index in [1.807, 2.05) is 108 Å². The summed E-state index contributed by atoms with van der Waals surface area (Å²) >= 11 is 0. The Morgan fingerprint density at radius 3 is 2.40 bits per heavy atom. The van der Waals surface area contributed by atoms with Crippen molar-refractivity contribution in [2.45, 2.75) is 0 Å². The Hall–Kier alpha value is -4.97. The van der Waals surface area contributed by atoms with Crippen LogP contribution in [-0.4, -0.2) is 19.5 Å². The van der Waals surface area contributed by atoms with E-state index in [2.05, 4.69) is 22.1 Å². The van der Waals surface area contributed by atoms with Gasteiger partial charge in [0.1, 0.15) is 5.58 Å². The zero-order valence-corrected chi connectivity index (χ0v) is 24.4. The maximum Gasteiger partial charge on any atom is 0.121 e. The maximum atomic E-state index is 14.7. The average molecular weight is 725 g/mol. The average Bonchev–Trinajstić information content (AvgIpc) is 3.63. The predicted molar refractivity (Wildman–Crippen MR) is 159 cm³/mol. The quantitative estimate of drug-likeness (QED) is 0.172. The van der Waals surface area contributed by atoms with Gasteiger partial charge in [0, 0.05) is 49.4 Å². The van der Waals surface area contributed by atoms with Gasteiger partial charge in [0.15, 0.2) is 0 Å². The molecule has 0 fully saturated rings. The molecule has 205 valence electrons. The molecule has 0 aliphatic rings. The summed E-state index contributed by atoms with van der Waals surface area (Å²) in [6.07, 6.45) is 5.24. The molecule has 0 aliphatic heterocycles. The van der Waals surface area contributed by atoms with Gasteiger partial charge in [-0.3, -0.25) is 14.4 Å². The van der Waals surface area contributed by atoms with Crippen LogP contribution in [0.25, 0.3) is 61.3 Å². The molecule has 5 nitrogen and oxygen atoms in total. The van der Waals surface area contributed by atoms with Gasteiger partial charge in [-0.15, -0.1) is 48.0 Å². The van der Waals surface area contributed by atoms with Crippen LogP contribution in [0.3, 0.4) is 0 Å². The van der Waals surface area contributed by atoms with Crippen LogP contribution in [0.2, 0.25) is 0 Å². The fourth-order valence-corrected chi connectivity index (χ4v) is 4.91. The Balaban J connectivity index is 0.000000205. The molecule has 4 aromatic carbocycles. The third kappa shape index (κ3) is 5.00. The molecule has 4 heterocycles. The van der Waals surface area contributed by atoms with Crippen LogP contribution in [0.4, 0.5) is 4.39 Å². The first-order valence-corrected chi connectivity index (χ1v) is 13.1. The number of para-hydroxylation sites is 2. The van der Waals surface area contributed by atoms with Crippen molar-refractivity contribution < 1.29 is 28.9 Å². The zero-order chi connectivity index (χ0) is 27.6. The Labute approximate surface area is 254 Å². The topological polar surface area (TPSA) is 56.7 Å². The van der Waals surface area contributed by atoms with Gasteiger partial charge in [-0.25, -0.2) is 0 Å². The summed E-state index contributed by atoms with van der Waals surface area (Å²) in [4.78, 5) is 13.2. The zero-order valence-electron chi connectivity index (χ0n) is 22.0. The molecule has 0 atom stereocenters. The summed E-state index contributed by atoms with van der Waals surface area (Å²) < 4.78 is 22.8. The SMILES string of the molecule is Fc1c[c-]c(-c2nc3cnccc3n2-c2ccccc2)c2oc3ccccc3c12.[Ir].[c-]1ccccc1-c1ccccn1. The molecule has 42 heavy (non-hydrogen) atoms. The summed E-state index contributed by atoms with van der Waals surface area (Å²) in [5.74, 6) is 0.265. The van der Waals surface area contributed by atoms with Gasteiger partial charge in [-0.2, -0.15) is 0 Å². The molecular weight excluding hydrogens is 704 g/mol. The molecule has 0 bridgehead atoms. The van der Waals surface area contributed by atoms with Crippen molar-refractivity contribution in [3.05, 3.63) is 146 Å². The number of benzene rings is 4. The molecule has 0 unspecified atom stereocenters. The fourth-order valence-electron chi connectivity index (χ4n) is 4.91. The van der Waals surface area contributed by atoms with Crippen LogP contribution in [0.15, 0.2) is 132 Å². The van der Waals surface area contributed by atoms with Crippen LogP contribution in [0.5, 0.6) is 0 Å². The summed E-state index contributed by atoms with van der Waals surface area (Å²) in [6.45, 7) is 0. The molecular formula is C35H21FIrN4O-2. The van der Waals surface area contributed by atoms with Crippen molar-refractivity contribution >= 4 is 33.0 Å². The van der Waals surface area contributed by atoms with E-state index in [1.54, 1.807) is 18.6 Å². The number of imidazole rings is 1. The number of hydrogen-bond acceptors (Lipinski definition) is 4. The second-order valence-corrected chi connectivity index (χ2v) is 9.28. The largest absolute Gasteiger partial charge is 0.500 e. The van der Waals surface area contributed by atoms with E-state index in [0.29, 0.717) is 27.9 Å². The monoisotopic (exact) mass is 725 g/mol. The van der Waals surface area contributed by atoms with Crippen LogP contribution in [0.1, 0.15) is 0 Å². The molecule has 8 rings (SSSR count). The van der Waals surface area contributed by atoms with E-state index in [1.165, 1.54) is 6.07 Å². The first-order valence-electron chi connectivity index (χ1n) is 13.1. The number of rotatable bonds is 3. The van der Waals surface area contributed by atoms with Crippen LogP contribution >= 0.6 is 0 Å². The van der Waals surface area contributed by atoms with Crippen molar-refractivity contribution in [2.75, 3.05) is 0 Å². The van der Waals surface area contributed by atoms with Gasteiger partial charge >= 0.3 is 0 Å². The summed E-state index contributed by atoms with van der Waals surface area (Å²) in [5.41, 5.74) is 6.28. The first-order chi connectivity index (χ1) is 20.3. The van der Waals surface area contributed by atoms with Gasteiger partial charge in [-0.05, 0) is 41.4 Å². The van der Waals surface area contributed by atoms with Crippen LogP contribution < -0.4 is 0 Å². The molecule has 0 spiro atoms. The molecule has 7 heteroatoms. The normalized spacial score (nSPS) is 10.8. The molecule has 4 aromatic heterocycles. The van der Waals surface area contributed by atoms with E-state index in [9.17, 15) is 4.39 Å². The number of fused-ring (bicyclic) bond motifs is 4. The summed E-state index contributed by atoms with van der Waals surface area (Å²) in [7, 11) is 0. The minimum Gasteiger partial charge on any atom is -0.500 e. The maximum absolute atomic E-state index is 14.7. The van der Waals surface area contributed by atoms with Gasteiger partial charge in [0.25, 0.3) is 0 Å². The molecule has 0 N–H and O–H groups in total. The second-order valence-electron chi connectivity index (χ2n) is 9.28. The Bertz CT molecular complexity index is 2070. The van der Waals surface area contributed by atoms with Gasteiger partial charge in [0.05, 0.1) is 28.6 Å². The number of pyridine rings is 2. The Kier molecular flexibility index (Phi) is 7.69. The van der Waals surface area contributed by atoms with E-state index < -0.39 is 0 Å². The standard InChI is InChI=1S/C24H13FN3O.C11H8N.Ir/c25-18-11-10-17(23-22(18)16-8-4-5-9-21(16)29-23)24-27-19-14-26-13-12-20(19)28(24)15-6-2-1-3-7-15;1-2-6-10(7-3-1)11-8-4-5-9-12-11;/h1-9,11-14H;1-6,8-9H;/q2*-1;. The second kappa shape index (κ2) is 11.9. The van der Waals surface area contributed by atoms with Gasteiger partial charge < -0.3 is 14.0 Å². The van der Waals surface area contributed by atoms with E-state index >= 15 is 0 Å². The van der Waals surface area contributed by atoms with Crippen molar-refractivity contribution in [1.29, 1.82) is 0 Å². The van der Waals surface area contributed by atoms with Crippen molar-refractivity contribution in [3.63, 3.8) is 0 Å². The summed E-state index contributed by atoms with van der Waals surface area (Å²) in [6, 6.07) is 40.5. The van der Waals surface area contributed by atoms with E-state index in [-0.39, 0.29) is 25.9 Å². The minimum absolute atomic E-state index is 0. The van der Waals surface area contributed by atoms with Crippen molar-refractivity contribution in [3.8, 4) is 28.3 Å². The van der Waals surface area contributed by atoms with E-state index in [0.717, 1.165) is 33.4 Å². The predicted octanol–water partition coefficient (Wildman–Crippen LogP) is 8.47.